The lowest BCUT2D eigenvalue weighted by Gasteiger charge is -2.19. The highest BCUT2D eigenvalue weighted by Gasteiger charge is 2.15. The second-order valence-electron chi connectivity index (χ2n) is 4.46. The Morgan fingerprint density at radius 3 is 2.59 bits per heavy atom. The Labute approximate surface area is 121 Å². The molecule has 0 spiro atoms. The third kappa shape index (κ3) is 3.80. The minimum atomic E-state index is 0.488. The van der Waals surface area contributed by atoms with Crippen LogP contribution in [0, 0.1) is 12.8 Å². The van der Waals surface area contributed by atoms with Crippen LogP contribution < -0.4 is 5.32 Å². The molecule has 1 rings (SSSR count). The van der Waals surface area contributed by atoms with Gasteiger partial charge in [0.05, 0.1) is 15.9 Å². The van der Waals surface area contributed by atoms with Crippen LogP contribution in [0.15, 0.2) is 4.47 Å². The lowest BCUT2D eigenvalue weighted by molar-refractivity contribution is 0.423. The molecule has 1 aromatic heterocycles. The Morgan fingerprint density at radius 1 is 1.41 bits per heavy atom. The van der Waals surface area contributed by atoms with E-state index in [4.69, 9.17) is 0 Å². The van der Waals surface area contributed by atoms with Crippen molar-refractivity contribution in [3.8, 4) is 0 Å². The Bertz CT molecular complexity index is 363. The fraction of sp³-hybridized carbons (Fsp3) is 0.750. The molecule has 0 amide bonds. The first-order valence-corrected chi connectivity index (χ1v) is 7.93. The Kier molecular flexibility index (Phi) is 6.17. The molecule has 0 radical (unpaired) electrons. The quantitative estimate of drug-likeness (QED) is 0.781. The fourth-order valence-corrected chi connectivity index (χ4v) is 2.62. The van der Waals surface area contributed by atoms with Crippen LogP contribution in [0.4, 0.5) is 0 Å². The average Bonchev–Trinajstić information content (AvgIpc) is 2.61. The zero-order chi connectivity index (χ0) is 13.0. The number of aromatic nitrogens is 2. The van der Waals surface area contributed by atoms with Crippen LogP contribution in [0.3, 0.4) is 0 Å². The minimum Gasteiger partial charge on any atom is -0.308 e. The molecule has 2 atom stereocenters. The Balaban J connectivity index is 2.68. The molecule has 3 nitrogen and oxygen atoms in total. The van der Waals surface area contributed by atoms with Crippen LogP contribution in [0.5, 0.6) is 0 Å². The monoisotopic (exact) mass is 365 g/mol. The van der Waals surface area contributed by atoms with Crippen molar-refractivity contribution in [1.29, 1.82) is 0 Å². The van der Waals surface area contributed by atoms with Gasteiger partial charge in [0.25, 0.3) is 0 Å². The van der Waals surface area contributed by atoms with Gasteiger partial charge in [0, 0.05) is 24.5 Å². The average molecular weight is 367 g/mol. The molecule has 1 N–H and O–H groups in total. The van der Waals surface area contributed by atoms with Crippen LogP contribution in [-0.4, -0.2) is 21.2 Å². The van der Waals surface area contributed by atoms with Gasteiger partial charge in [-0.3, -0.25) is 4.68 Å². The van der Waals surface area contributed by atoms with Crippen molar-refractivity contribution in [3.05, 3.63) is 15.9 Å². The van der Waals surface area contributed by atoms with E-state index in [9.17, 15) is 0 Å². The zero-order valence-corrected chi connectivity index (χ0v) is 14.1. The molecule has 0 saturated heterocycles. The number of rotatable bonds is 6. The molecule has 0 saturated carbocycles. The molecule has 0 fully saturated rings. The van der Waals surface area contributed by atoms with Crippen LogP contribution in [0.25, 0.3) is 0 Å². The summed E-state index contributed by atoms with van der Waals surface area (Å²) in [4.78, 5) is 0. The molecule has 0 aliphatic heterocycles. The standard InChI is InChI=1S/C12H21Br2N3/c1-5-17-11(12(14)10(4)16-17)7-15-9(3)8(2)6-13/h8-9,15H,5-7H2,1-4H3. The first kappa shape index (κ1) is 15.2. The van der Waals surface area contributed by atoms with E-state index in [1.807, 2.05) is 6.92 Å². The van der Waals surface area contributed by atoms with E-state index in [0.29, 0.717) is 12.0 Å². The highest BCUT2D eigenvalue weighted by molar-refractivity contribution is 9.10. The van der Waals surface area contributed by atoms with Crippen LogP contribution >= 0.6 is 31.9 Å². The molecular weight excluding hydrogens is 346 g/mol. The molecule has 1 aromatic rings. The summed E-state index contributed by atoms with van der Waals surface area (Å²) in [6, 6.07) is 0.488. The van der Waals surface area contributed by atoms with E-state index < -0.39 is 0 Å². The number of hydrogen-bond donors (Lipinski definition) is 1. The van der Waals surface area contributed by atoms with E-state index in [1.54, 1.807) is 0 Å². The summed E-state index contributed by atoms with van der Waals surface area (Å²) in [5.41, 5.74) is 2.29. The van der Waals surface area contributed by atoms with Crippen molar-refractivity contribution in [2.75, 3.05) is 5.33 Å². The lowest BCUT2D eigenvalue weighted by atomic mass is 10.1. The topological polar surface area (TPSA) is 29.9 Å². The predicted octanol–water partition coefficient (Wildman–Crippen LogP) is 3.48. The maximum Gasteiger partial charge on any atom is 0.0739 e. The van der Waals surface area contributed by atoms with Gasteiger partial charge >= 0.3 is 0 Å². The van der Waals surface area contributed by atoms with Crippen molar-refractivity contribution in [2.24, 2.45) is 5.92 Å². The van der Waals surface area contributed by atoms with Crippen LogP contribution in [0.1, 0.15) is 32.2 Å². The molecule has 0 aromatic carbocycles. The molecule has 17 heavy (non-hydrogen) atoms. The van der Waals surface area contributed by atoms with E-state index in [2.05, 4.69) is 67.7 Å². The maximum atomic E-state index is 4.49. The maximum absolute atomic E-state index is 4.49. The molecule has 2 unspecified atom stereocenters. The van der Waals surface area contributed by atoms with Crippen molar-refractivity contribution in [2.45, 2.75) is 46.8 Å². The second kappa shape index (κ2) is 6.90. The van der Waals surface area contributed by atoms with Crippen molar-refractivity contribution >= 4 is 31.9 Å². The molecule has 0 aliphatic carbocycles. The van der Waals surface area contributed by atoms with E-state index in [-0.39, 0.29) is 0 Å². The summed E-state index contributed by atoms with van der Waals surface area (Å²) in [6.45, 7) is 10.4. The van der Waals surface area contributed by atoms with Crippen molar-refractivity contribution in [3.63, 3.8) is 0 Å². The number of alkyl halides is 1. The Morgan fingerprint density at radius 2 is 2.06 bits per heavy atom. The summed E-state index contributed by atoms with van der Waals surface area (Å²) in [5.74, 6) is 0.618. The SMILES string of the molecule is CCn1nc(C)c(Br)c1CNC(C)C(C)CBr. The van der Waals surface area contributed by atoms with Crippen LogP contribution in [0.2, 0.25) is 0 Å². The largest absolute Gasteiger partial charge is 0.308 e. The zero-order valence-electron chi connectivity index (χ0n) is 10.9. The van der Waals surface area contributed by atoms with Gasteiger partial charge < -0.3 is 5.32 Å². The molecule has 5 heteroatoms. The lowest BCUT2D eigenvalue weighted by Crippen LogP contribution is -2.33. The highest BCUT2D eigenvalue weighted by atomic mass is 79.9. The number of nitrogens with one attached hydrogen (secondary N) is 1. The molecule has 98 valence electrons. The summed E-state index contributed by atoms with van der Waals surface area (Å²) in [6.07, 6.45) is 0. The molecule has 1 heterocycles. The van der Waals surface area contributed by atoms with Gasteiger partial charge in [-0.2, -0.15) is 5.10 Å². The second-order valence-corrected chi connectivity index (χ2v) is 5.90. The van der Waals surface area contributed by atoms with Gasteiger partial charge in [-0.25, -0.2) is 0 Å². The summed E-state index contributed by atoms with van der Waals surface area (Å²) < 4.78 is 3.18. The third-order valence-corrected chi connectivity index (χ3v) is 5.19. The van der Waals surface area contributed by atoms with Gasteiger partial charge in [0.15, 0.2) is 0 Å². The molecular formula is C12H21Br2N3. The van der Waals surface area contributed by atoms with Gasteiger partial charge in [-0.1, -0.05) is 22.9 Å². The van der Waals surface area contributed by atoms with Gasteiger partial charge in [-0.15, -0.1) is 0 Å². The smallest absolute Gasteiger partial charge is 0.0739 e. The van der Waals surface area contributed by atoms with Crippen molar-refractivity contribution in [1.82, 2.24) is 15.1 Å². The number of aryl methyl sites for hydroxylation is 2. The molecule has 0 bridgehead atoms. The van der Waals surface area contributed by atoms with Crippen molar-refractivity contribution < 1.29 is 0 Å². The summed E-state index contributed by atoms with van der Waals surface area (Å²) in [5, 5.41) is 9.07. The normalized spacial score (nSPS) is 14.9. The minimum absolute atomic E-state index is 0.488. The summed E-state index contributed by atoms with van der Waals surface area (Å²) in [7, 11) is 0. The van der Waals surface area contributed by atoms with Gasteiger partial charge in [0.2, 0.25) is 0 Å². The van der Waals surface area contributed by atoms with Gasteiger partial charge in [0.1, 0.15) is 0 Å². The molecule has 0 aliphatic rings. The van der Waals surface area contributed by atoms with Crippen LogP contribution in [-0.2, 0) is 13.1 Å². The van der Waals surface area contributed by atoms with E-state index in [1.165, 1.54) is 5.69 Å². The number of halogens is 2. The summed E-state index contributed by atoms with van der Waals surface area (Å²) >= 11 is 7.13. The Hall–Kier alpha value is 0.130. The first-order valence-electron chi connectivity index (χ1n) is 6.02. The van der Waals surface area contributed by atoms with Gasteiger partial charge in [-0.05, 0) is 42.6 Å². The van der Waals surface area contributed by atoms with E-state index >= 15 is 0 Å². The first-order chi connectivity index (χ1) is 8.01. The predicted molar refractivity (Wildman–Crippen MR) is 79.6 cm³/mol. The number of hydrogen-bond acceptors (Lipinski definition) is 2. The van der Waals surface area contributed by atoms with E-state index in [0.717, 1.165) is 28.6 Å². The third-order valence-electron chi connectivity index (χ3n) is 3.14. The number of nitrogens with zero attached hydrogens (tertiary/aromatic N) is 2. The highest BCUT2D eigenvalue weighted by Crippen LogP contribution is 2.21. The fourth-order valence-electron chi connectivity index (χ4n) is 1.63.